The number of likely N-dealkylation sites (tertiary alicyclic amines) is 1. The van der Waals surface area contributed by atoms with Crippen LogP contribution in [0.5, 0.6) is 0 Å². The van der Waals surface area contributed by atoms with Crippen molar-refractivity contribution in [3.05, 3.63) is 40.5 Å². The van der Waals surface area contributed by atoms with Crippen LogP contribution in [-0.4, -0.2) is 36.7 Å². The molecule has 1 aliphatic rings. The second kappa shape index (κ2) is 7.73. The maximum Gasteiger partial charge on any atom is 0.295 e. The third-order valence-corrected chi connectivity index (χ3v) is 4.62. The van der Waals surface area contributed by atoms with Gasteiger partial charge in [-0.2, -0.15) is 5.10 Å². The molecular formula is C18H22ClN4O+. The molecule has 1 fully saturated rings. The van der Waals surface area contributed by atoms with Crippen LogP contribution in [0.4, 0.5) is 0 Å². The summed E-state index contributed by atoms with van der Waals surface area (Å²) in [5, 5.41) is 5.42. The van der Waals surface area contributed by atoms with Crippen molar-refractivity contribution in [3.8, 4) is 0 Å². The van der Waals surface area contributed by atoms with Gasteiger partial charge in [0.2, 0.25) is 0 Å². The Morgan fingerprint density at radius 1 is 1.33 bits per heavy atom. The van der Waals surface area contributed by atoms with Crippen molar-refractivity contribution < 1.29 is 9.69 Å². The average Bonchev–Trinajstić information content (AvgIpc) is 2.56. The van der Waals surface area contributed by atoms with E-state index in [1.54, 1.807) is 6.21 Å². The number of aryl methyl sites for hydroxylation is 1. The minimum absolute atomic E-state index is 0.0659. The molecule has 1 aliphatic heterocycles. The van der Waals surface area contributed by atoms with E-state index in [9.17, 15) is 4.79 Å². The Labute approximate surface area is 146 Å². The number of benzene rings is 1. The van der Waals surface area contributed by atoms with Crippen molar-refractivity contribution in [2.75, 3.05) is 19.6 Å². The van der Waals surface area contributed by atoms with Crippen LogP contribution in [0.3, 0.4) is 0 Å². The second-order valence-electron chi connectivity index (χ2n) is 6.35. The minimum atomic E-state index is -0.0659. The molecule has 0 atom stereocenters. The number of quaternary nitrogens is 1. The van der Waals surface area contributed by atoms with Gasteiger partial charge in [-0.3, -0.25) is 4.79 Å². The van der Waals surface area contributed by atoms with Crippen LogP contribution in [0.25, 0.3) is 10.9 Å². The molecule has 1 aromatic heterocycles. The number of hydrogen-bond acceptors (Lipinski definition) is 3. The molecule has 3 rings (SSSR count). The number of nitrogens with one attached hydrogen (secondary N) is 2. The van der Waals surface area contributed by atoms with Crippen LogP contribution in [0, 0.1) is 6.92 Å². The molecule has 1 saturated heterocycles. The number of amides is 1. The lowest BCUT2D eigenvalue weighted by atomic mass is 10.1. The van der Waals surface area contributed by atoms with E-state index in [1.807, 2.05) is 31.2 Å². The number of halogens is 1. The number of carbonyl (C=O) groups excluding carboxylic acids is 1. The number of pyridine rings is 1. The van der Waals surface area contributed by atoms with Gasteiger partial charge in [0, 0.05) is 10.9 Å². The number of nitrogens with zero attached hydrogens (tertiary/aromatic N) is 2. The SMILES string of the molecule is Cc1ccc2nc(Cl)c(/C=N\NC(=O)C[NH+]3CCCCC3)cc2c1. The summed E-state index contributed by atoms with van der Waals surface area (Å²) >= 11 is 6.19. The molecule has 0 aliphatic carbocycles. The van der Waals surface area contributed by atoms with Gasteiger partial charge in [0.25, 0.3) is 5.91 Å². The number of hydrazone groups is 1. The highest BCUT2D eigenvalue weighted by molar-refractivity contribution is 6.32. The van der Waals surface area contributed by atoms with E-state index in [1.165, 1.54) is 24.2 Å². The van der Waals surface area contributed by atoms with Crippen molar-refractivity contribution in [3.63, 3.8) is 0 Å². The van der Waals surface area contributed by atoms with Gasteiger partial charge in [0.05, 0.1) is 24.8 Å². The predicted molar refractivity (Wildman–Crippen MR) is 96.6 cm³/mol. The summed E-state index contributed by atoms with van der Waals surface area (Å²) in [6, 6.07) is 7.93. The largest absolute Gasteiger partial charge is 0.327 e. The summed E-state index contributed by atoms with van der Waals surface area (Å²) in [4.78, 5) is 17.6. The molecule has 0 radical (unpaired) electrons. The Hall–Kier alpha value is -1.98. The highest BCUT2D eigenvalue weighted by Gasteiger charge is 2.16. The van der Waals surface area contributed by atoms with Crippen LogP contribution < -0.4 is 10.3 Å². The number of rotatable bonds is 4. The molecule has 0 unspecified atom stereocenters. The highest BCUT2D eigenvalue weighted by Crippen LogP contribution is 2.20. The van der Waals surface area contributed by atoms with Crippen LogP contribution in [0.2, 0.25) is 5.15 Å². The normalized spacial score (nSPS) is 15.9. The Morgan fingerprint density at radius 2 is 2.12 bits per heavy atom. The van der Waals surface area contributed by atoms with Crippen LogP contribution >= 0.6 is 11.6 Å². The van der Waals surface area contributed by atoms with E-state index < -0.39 is 0 Å². The molecule has 24 heavy (non-hydrogen) atoms. The fourth-order valence-corrected chi connectivity index (χ4v) is 3.24. The zero-order chi connectivity index (χ0) is 16.9. The zero-order valence-electron chi connectivity index (χ0n) is 13.8. The van der Waals surface area contributed by atoms with Crippen LogP contribution in [0.1, 0.15) is 30.4 Å². The van der Waals surface area contributed by atoms with E-state index in [-0.39, 0.29) is 5.91 Å². The number of carbonyl (C=O) groups is 1. The molecule has 0 bridgehead atoms. The molecular weight excluding hydrogens is 324 g/mol. The monoisotopic (exact) mass is 345 g/mol. The maximum atomic E-state index is 11.9. The summed E-state index contributed by atoms with van der Waals surface area (Å²) in [6.07, 6.45) is 5.23. The lowest BCUT2D eigenvalue weighted by molar-refractivity contribution is -0.896. The first kappa shape index (κ1) is 16.9. The lowest BCUT2D eigenvalue weighted by Gasteiger charge is -2.22. The first-order chi connectivity index (χ1) is 11.6. The number of fused-ring (bicyclic) bond motifs is 1. The van der Waals surface area contributed by atoms with Gasteiger partial charge in [0.1, 0.15) is 5.15 Å². The average molecular weight is 346 g/mol. The molecule has 0 spiro atoms. The molecule has 1 amide bonds. The molecule has 5 nitrogen and oxygen atoms in total. The summed E-state index contributed by atoms with van der Waals surface area (Å²) in [5.41, 5.74) is 5.29. The van der Waals surface area contributed by atoms with E-state index >= 15 is 0 Å². The van der Waals surface area contributed by atoms with Gasteiger partial charge in [-0.1, -0.05) is 23.2 Å². The Balaban J connectivity index is 1.64. The molecule has 2 N–H and O–H groups in total. The molecule has 2 heterocycles. The van der Waals surface area contributed by atoms with Crippen molar-refractivity contribution in [1.29, 1.82) is 0 Å². The van der Waals surface area contributed by atoms with E-state index in [2.05, 4.69) is 15.5 Å². The van der Waals surface area contributed by atoms with Gasteiger partial charge in [-0.05, 0) is 44.4 Å². The van der Waals surface area contributed by atoms with Crippen molar-refractivity contribution in [2.24, 2.45) is 5.10 Å². The van der Waals surface area contributed by atoms with Crippen LogP contribution in [-0.2, 0) is 4.79 Å². The third-order valence-electron chi connectivity index (χ3n) is 4.31. The second-order valence-corrected chi connectivity index (χ2v) is 6.70. The molecule has 2 aromatic rings. The van der Waals surface area contributed by atoms with Crippen molar-refractivity contribution in [2.45, 2.75) is 26.2 Å². The third kappa shape index (κ3) is 4.30. The zero-order valence-corrected chi connectivity index (χ0v) is 14.6. The van der Waals surface area contributed by atoms with E-state index in [4.69, 9.17) is 11.6 Å². The summed E-state index contributed by atoms with van der Waals surface area (Å²) in [5.74, 6) is -0.0659. The van der Waals surface area contributed by atoms with Gasteiger partial charge in [-0.25, -0.2) is 10.4 Å². The van der Waals surface area contributed by atoms with Crippen molar-refractivity contribution in [1.82, 2.24) is 10.4 Å². The van der Waals surface area contributed by atoms with Crippen LogP contribution in [0.15, 0.2) is 29.4 Å². The first-order valence-electron chi connectivity index (χ1n) is 8.34. The van der Waals surface area contributed by atoms with Crippen molar-refractivity contribution >= 4 is 34.6 Å². The lowest BCUT2D eigenvalue weighted by Crippen LogP contribution is -3.13. The summed E-state index contributed by atoms with van der Waals surface area (Å²) in [6.45, 7) is 4.64. The molecule has 126 valence electrons. The topological polar surface area (TPSA) is 58.8 Å². The smallest absolute Gasteiger partial charge is 0.295 e. The summed E-state index contributed by atoms with van der Waals surface area (Å²) in [7, 11) is 0. The standard InChI is InChI=1S/C18H21ClN4O/c1-13-5-6-16-14(9-13)10-15(18(19)21-16)11-20-22-17(24)12-23-7-3-2-4-8-23/h5-6,9-11H,2-4,7-8,12H2,1H3,(H,22,24)/p+1/b20-11-. The van der Waals surface area contributed by atoms with Gasteiger partial charge >= 0.3 is 0 Å². The minimum Gasteiger partial charge on any atom is -0.327 e. The number of hydrogen-bond donors (Lipinski definition) is 2. The highest BCUT2D eigenvalue weighted by atomic mass is 35.5. The fraction of sp³-hybridized carbons (Fsp3) is 0.389. The maximum absolute atomic E-state index is 11.9. The van der Waals surface area contributed by atoms with Gasteiger partial charge < -0.3 is 4.90 Å². The fourth-order valence-electron chi connectivity index (χ4n) is 3.05. The summed E-state index contributed by atoms with van der Waals surface area (Å²) < 4.78 is 0. The number of piperidine rings is 1. The quantitative estimate of drug-likeness (QED) is 0.503. The Bertz CT molecular complexity index is 769. The predicted octanol–water partition coefficient (Wildman–Crippen LogP) is 1.72. The Kier molecular flexibility index (Phi) is 5.43. The van der Waals surface area contributed by atoms with Gasteiger partial charge in [-0.15, -0.1) is 0 Å². The molecule has 0 saturated carbocycles. The van der Waals surface area contributed by atoms with E-state index in [0.29, 0.717) is 17.3 Å². The molecule has 6 heteroatoms. The Morgan fingerprint density at radius 3 is 2.92 bits per heavy atom. The molecule has 1 aromatic carbocycles. The van der Waals surface area contributed by atoms with E-state index in [0.717, 1.165) is 29.6 Å². The van der Waals surface area contributed by atoms with Gasteiger partial charge in [0.15, 0.2) is 6.54 Å². The number of aromatic nitrogens is 1. The first-order valence-corrected chi connectivity index (χ1v) is 8.72.